The Hall–Kier alpha value is -6.53. The number of aliphatic hydroxyl groups excluding tert-OH is 10. The number of cyclic esters (lactones) is 1. The van der Waals surface area contributed by atoms with Crippen molar-refractivity contribution in [2.75, 3.05) is 178 Å². The van der Waals surface area contributed by atoms with Gasteiger partial charge in [-0.25, -0.2) is 0 Å². The third-order valence-corrected chi connectivity index (χ3v) is 19.0. The Kier molecular flexibility index (Phi) is 60.1. The zero-order valence-electron chi connectivity index (χ0n) is 70.4. The number of nitrogens with one attached hydrogen (secondary N) is 6. The summed E-state index contributed by atoms with van der Waals surface area (Å²) in [6.07, 6.45) is 3.16. The van der Waals surface area contributed by atoms with Crippen LogP contribution in [-0.4, -0.2) is 373 Å². The second kappa shape index (κ2) is 66.9. The van der Waals surface area contributed by atoms with E-state index in [2.05, 4.69) is 31.9 Å². The number of allylic oxidation sites excluding steroid dienone is 12. The molecule has 694 valence electrons. The number of unbranched alkanes of at least 4 members (excludes halogenated alkanes) is 2. The first-order chi connectivity index (χ1) is 58.2. The van der Waals surface area contributed by atoms with Gasteiger partial charge in [0.2, 0.25) is 35.4 Å². The van der Waals surface area contributed by atoms with Gasteiger partial charge in [-0.1, -0.05) is 98.9 Å². The largest absolute Gasteiger partial charge is 0.462 e. The molecule has 0 aliphatic carbocycles. The molecule has 121 heavy (non-hydrogen) atoms. The maximum Gasteiger partial charge on any atom is 0.308 e. The topological polar surface area (TPSA) is 569 Å². The smallest absolute Gasteiger partial charge is 0.308 e. The SMILES string of the molecule is C[C@H]1[C@H](O)[C@@H](C)/C=C/C=C/C=C/C=C/C=C/C=C/C=C/[C@H](O[C@@H]2O[C@H](C)[C@@H](O)[C@H](NC(=O)COCCOCCNC(=O)COCCOCCNC(=O)COCCOCCNC(=O)COCCOCCNC(=O)COCCOCCN)[C@@H]2O)C[C@@H]2O[C@](O)(C[C@@H](O)C[C@@H](O)[C@H](O)CC[C@@H](O)C[C@@H](O)CC(=O)O[C@@H]1C)C[C@H](O)[C@H]2C(=O)NCCCCCO. The Morgan fingerprint density at radius 1 is 0.455 bits per heavy atom. The zero-order valence-corrected chi connectivity index (χ0v) is 70.4. The number of rotatable bonds is 48. The molecule has 2 bridgehead atoms. The highest BCUT2D eigenvalue weighted by molar-refractivity contribution is 5.80. The van der Waals surface area contributed by atoms with Crippen LogP contribution < -0.4 is 37.6 Å². The highest BCUT2D eigenvalue weighted by Crippen LogP contribution is 2.38. The lowest BCUT2D eigenvalue weighted by Crippen LogP contribution is -2.64. The fourth-order valence-corrected chi connectivity index (χ4v) is 12.4. The van der Waals surface area contributed by atoms with Crippen LogP contribution >= 0.6 is 0 Å². The van der Waals surface area contributed by atoms with Gasteiger partial charge in [-0.3, -0.25) is 33.6 Å². The molecular weight excluding hydrogens is 1590 g/mol. The molecule has 3 aliphatic rings. The van der Waals surface area contributed by atoms with Crippen molar-refractivity contribution >= 4 is 41.4 Å². The summed E-state index contributed by atoms with van der Waals surface area (Å²) in [6.45, 7) is 9.48. The lowest BCUT2D eigenvalue weighted by molar-refractivity contribution is -0.307. The lowest BCUT2D eigenvalue weighted by atomic mass is 9.82. The van der Waals surface area contributed by atoms with E-state index in [0.29, 0.717) is 45.6 Å². The number of hydrogen-bond donors (Lipinski definition) is 18. The quantitative estimate of drug-likeness (QED) is 0.0209. The predicted molar refractivity (Wildman–Crippen MR) is 437 cm³/mol. The molecule has 0 aromatic heterocycles. The molecule has 39 heteroatoms. The summed E-state index contributed by atoms with van der Waals surface area (Å²) in [5.74, 6) is -8.18. The highest BCUT2D eigenvalue weighted by Gasteiger charge is 2.51. The van der Waals surface area contributed by atoms with Crippen molar-refractivity contribution < 1.29 is 156 Å². The van der Waals surface area contributed by atoms with E-state index in [4.69, 9.17) is 72.0 Å². The average Bonchev–Trinajstić information content (AvgIpc) is 0.784. The normalized spacial score (nSPS) is 29.6. The molecule has 2 saturated heterocycles. The van der Waals surface area contributed by atoms with Gasteiger partial charge in [0.15, 0.2) is 12.1 Å². The van der Waals surface area contributed by atoms with E-state index < -0.39 is 165 Å². The molecular formula is C82H139N7O32. The number of fused-ring (bicyclic) bond motifs is 2. The van der Waals surface area contributed by atoms with E-state index >= 15 is 0 Å². The molecule has 19 N–H and O–H groups in total. The molecule has 2 fully saturated rings. The number of nitrogens with two attached hydrogens (primary N) is 1. The lowest BCUT2D eigenvalue weighted by Gasteiger charge is -2.46. The minimum atomic E-state index is -2.39. The number of esters is 1. The van der Waals surface area contributed by atoms with Crippen LogP contribution in [0.4, 0.5) is 0 Å². The summed E-state index contributed by atoms with van der Waals surface area (Å²) < 4.78 is 77.8. The zero-order chi connectivity index (χ0) is 88.8. The minimum Gasteiger partial charge on any atom is -0.462 e. The highest BCUT2D eigenvalue weighted by atomic mass is 16.7. The standard InChI is InChI=1S/C82H139N7O32/c1-57-20-16-13-11-9-7-5-6-8-10-12-14-17-21-64(49-68-75(80(106)88-25-18-15-19-30-90)67(96)51-82(107,121-68)50-63(93)47-66(95)65(94)23-22-61(91)46-62(92)48-74(102)118-59(3)58(2)77(57)103)120-81-79(105)76(78(104)60(4)119-81)89-73(101)56-117-45-40-112-35-29-87-72(100)55-116-44-39-111-34-28-86-71(99)54-115-43-38-110-33-27-85-70(98)53-114-42-37-109-32-26-84-69(97)52-113-41-36-108-31-24-83/h5-14,16-17,20-21,57-68,75-79,81,90-96,103-105,107H,15,18-19,22-56,83H2,1-4H3,(H,84,97)(H,85,98)(H,86,99)(H,87,100)(H,88,106)(H,89,101)/b6-5+,9-7+,10-8+,13-11+,14-12+,20-16+,21-17+/t57-,58+,59+,60+,61+,62+,63-,64-,65+,66+,67-,68-,75+,76-,77+,78+,79-,81-,82+/m0/s1. The van der Waals surface area contributed by atoms with Crippen molar-refractivity contribution in [2.45, 2.75) is 196 Å². The van der Waals surface area contributed by atoms with E-state index in [9.17, 15) is 89.7 Å². The minimum absolute atomic E-state index is 0.0127. The fraction of sp³-hybridized carbons (Fsp3) is 0.744. The first-order valence-corrected chi connectivity index (χ1v) is 41.6. The van der Waals surface area contributed by atoms with Gasteiger partial charge in [-0.15, -0.1) is 0 Å². The van der Waals surface area contributed by atoms with Gasteiger partial charge in [-0.05, 0) is 52.4 Å². The molecule has 3 aliphatic heterocycles. The number of carbonyl (C=O) groups excluding carboxylic acids is 7. The third kappa shape index (κ3) is 51.5. The van der Waals surface area contributed by atoms with Gasteiger partial charge in [0.1, 0.15) is 51.3 Å². The van der Waals surface area contributed by atoms with Crippen molar-refractivity contribution in [3.63, 3.8) is 0 Å². The summed E-state index contributed by atoms with van der Waals surface area (Å²) in [4.78, 5) is 88.4. The van der Waals surface area contributed by atoms with Crippen LogP contribution in [0.1, 0.15) is 98.3 Å². The fourth-order valence-electron chi connectivity index (χ4n) is 12.4. The Labute approximate surface area is 709 Å². The van der Waals surface area contributed by atoms with E-state index in [0.717, 1.165) is 0 Å². The monoisotopic (exact) mass is 1730 g/mol. The Bertz CT molecular complexity index is 3050. The number of carbonyl (C=O) groups is 7. The van der Waals surface area contributed by atoms with Crippen LogP contribution in [-0.2, 0) is 99.9 Å². The van der Waals surface area contributed by atoms with Gasteiger partial charge < -0.3 is 160 Å². The third-order valence-electron chi connectivity index (χ3n) is 19.0. The Balaban J connectivity index is 1.48. The second-order valence-corrected chi connectivity index (χ2v) is 29.3. The maximum absolute atomic E-state index is 14.1. The summed E-state index contributed by atoms with van der Waals surface area (Å²) in [6, 6.07) is -1.41. The Morgan fingerprint density at radius 3 is 1.39 bits per heavy atom. The van der Waals surface area contributed by atoms with Gasteiger partial charge >= 0.3 is 5.97 Å². The van der Waals surface area contributed by atoms with Crippen LogP contribution in [0, 0.1) is 17.8 Å². The maximum atomic E-state index is 14.1. The molecule has 39 nitrogen and oxygen atoms in total. The molecule has 0 aromatic rings. The van der Waals surface area contributed by atoms with E-state index in [1.165, 1.54) is 13.0 Å². The van der Waals surface area contributed by atoms with Crippen molar-refractivity contribution in [1.29, 1.82) is 0 Å². The first-order valence-electron chi connectivity index (χ1n) is 41.6. The van der Waals surface area contributed by atoms with Gasteiger partial charge in [-0.2, -0.15) is 0 Å². The Morgan fingerprint density at radius 2 is 0.909 bits per heavy atom. The van der Waals surface area contributed by atoms with Crippen LogP contribution in [0.3, 0.4) is 0 Å². The van der Waals surface area contributed by atoms with Gasteiger partial charge in [0, 0.05) is 83.4 Å². The van der Waals surface area contributed by atoms with Crippen molar-refractivity contribution in [1.82, 2.24) is 31.9 Å². The molecule has 3 heterocycles. The van der Waals surface area contributed by atoms with Crippen LogP contribution in [0.2, 0.25) is 0 Å². The summed E-state index contributed by atoms with van der Waals surface area (Å²) in [7, 11) is 0. The molecule has 0 unspecified atom stereocenters. The van der Waals surface area contributed by atoms with Gasteiger partial charge in [0.25, 0.3) is 0 Å². The summed E-state index contributed by atoms with van der Waals surface area (Å²) >= 11 is 0. The number of aliphatic hydroxyl groups is 11. The predicted octanol–water partition coefficient (Wildman–Crippen LogP) is -3.35. The second-order valence-electron chi connectivity index (χ2n) is 29.3. The van der Waals surface area contributed by atoms with Crippen molar-refractivity contribution in [2.24, 2.45) is 23.5 Å². The molecule has 19 atom stereocenters. The van der Waals surface area contributed by atoms with Gasteiger partial charge in [0.05, 0.1) is 179 Å². The molecule has 3 rings (SSSR count). The van der Waals surface area contributed by atoms with Crippen LogP contribution in [0.5, 0.6) is 0 Å². The number of hydrogen-bond acceptors (Lipinski definition) is 33. The van der Waals surface area contributed by atoms with Crippen LogP contribution in [0.25, 0.3) is 0 Å². The van der Waals surface area contributed by atoms with Crippen molar-refractivity contribution in [3.05, 3.63) is 85.1 Å². The summed E-state index contributed by atoms with van der Waals surface area (Å²) in [5.41, 5.74) is 5.33. The van der Waals surface area contributed by atoms with E-state index in [-0.39, 0.29) is 194 Å². The summed E-state index contributed by atoms with van der Waals surface area (Å²) in [5, 5.41) is 138. The van der Waals surface area contributed by atoms with E-state index in [1.54, 1.807) is 92.8 Å². The first kappa shape index (κ1) is 109. The molecule has 0 spiro atoms. The van der Waals surface area contributed by atoms with Crippen molar-refractivity contribution in [3.8, 4) is 0 Å². The van der Waals surface area contributed by atoms with E-state index in [1.807, 2.05) is 6.92 Å². The molecule has 6 amide bonds. The number of ether oxygens (including phenoxy) is 14. The molecule has 0 aromatic carbocycles. The molecule has 0 saturated carbocycles. The molecule has 0 radical (unpaired) electrons. The van der Waals surface area contributed by atoms with Crippen LogP contribution in [0.15, 0.2) is 85.1 Å². The average molecular weight is 1740 g/mol. The number of amides is 6.